The second kappa shape index (κ2) is 8.61. The number of carbonyl (C=O) groups excluding carboxylic acids is 2. The van der Waals surface area contributed by atoms with Crippen LogP contribution in [0.2, 0.25) is 0 Å². The fourth-order valence-corrected chi connectivity index (χ4v) is 6.41. The Hall–Kier alpha value is -3.65. The zero-order valence-electron chi connectivity index (χ0n) is 18.7. The molecule has 34 heavy (non-hydrogen) atoms. The van der Waals surface area contributed by atoms with E-state index in [1.54, 1.807) is 24.3 Å². The van der Waals surface area contributed by atoms with Crippen molar-refractivity contribution in [2.75, 3.05) is 14.9 Å². The Kier molecular flexibility index (Phi) is 5.61. The predicted octanol–water partition coefficient (Wildman–Crippen LogP) is 4.35. The number of hydrogen-bond acceptors (Lipinski definition) is 4. The van der Waals surface area contributed by atoms with Crippen molar-refractivity contribution in [1.29, 1.82) is 0 Å². The van der Waals surface area contributed by atoms with Gasteiger partial charge in [0.05, 0.1) is 10.6 Å². The molecular weight excluding hydrogens is 450 g/mol. The third-order valence-corrected chi connectivity index (χ3v) is 8.21. The first-order valence-electron chi connectivity index (χ1n) is 11.3. The summed E-state index contributed by atoms with van der Waals surface area (Å²) >= 11 is 0. The maximum Gasteiger partial charge on any atom is 0.264 e. The summed E-state index contributed by atoms with van der Waals surface area (Å²) in [5, 5.41) is 5.73. The van der Waals surface area contributed by atoms with Crippen LogP contribution in [0.5, 0.6) is 0 Å². The highest BCUT2D eigenvalue weighted by atomic mass is 32.2. The first kappa shape index (κ1) is 22.2. The monoisotopic (exact) mass is 475 g/mol. The van der Waals surface area contributed by atoms with E-state index in [2.05, 4.69) is 10.6 Å². The molecule has 5 rings (SSSR count). The number of para-hydroxylation sites is 1. The van der Waals surface area contributed by atoms with E-state index in [4.69, 9.17) is 0 Å². The van der Waals surface area contributed by atoms with Gasteiger partial charge in [-0.1, -0.05) is 24.3 Å². The lowest BCUT2D eigenvalue weighted by Gasteiger charge is -2.24. The van der Waals surface area contributed by atoms with Gasteiger partial charge in [-0.05, 0) is 79.8 Å². The average molecular weight is 476 g/mol. The molecule has 2 N–H and O–H groups in total. The minimum absolute atomic E-state index is 0.0106. The molecule has 0 fully saturated rings. The molecule has 3 aromatic carbocycles. The Morgan fingerprint density at radius 2 is 1.82 bits per heavy atom. The molecule has 0 saturated carbocycles. The molecule has 0 saturated heterocycles. The molecule has 0 radical (unpaired) electrons. The van der Waals surface area contributed by atoms with Crippen molar-refractivity contribution < 1.29 is 18.0 Å². The summed E-state index contributed by atoms with van der Waals surface area (Å²) < 4.78 is 28.5. The number of hydrogen-bond donors (Lipinski definition) is 2. The summed E-state index contributed by atoms with van der Waals surface area (Å²) in [7, 11) is -3.84. The maximum atomic E-state index is 13.5. The van der Waals surface area contributed by atoms with Gasteiger partial charge in [-0.3, -0.25) is 13.9 Å². The molecule has 1 atom stereocenters. The largest absolute Gasteiger partial charge is 0.326 e. The number of nitrogens with zero attached hydrogens (tertiary/aromatic N) is 1. The van der Waals surface area contributed by atoms with E-state index in [1.807, 2.05) is 37.3 Å². The lowest BCUT2D eigenvalue weighted by atomic mass is 10.1. The molecule has 0 bridgehead atoms. The first-order chi connectivity index (χ1) is 16.3. The van der Waals surface area contributed by atoms with Crippen LogP contribution in [0.3, 0.4) is 0 Å². The van der Waals surface area contributed by atoms with Crippen molar-refractivity contribution in [2.45, 2.75) is 43.5 Å². The van der Waals surface area contributed by atoms with E-state index >= 15 is 0 Å². The summed E-state index contributed by atoms with van der Waals surface area (Å²) in [5.74, 6) is -0.409. The van der Waals surface area contributed by atoms with Crippen LogP contribution in [-0.2, 0) is 27.7 Å². The van der Waals surface area contributed by atoms with Crippen molar-refractivity contribution in [3.05, 3.63) is 83.4 Å². The second-order valence-electron chi connectivity index (χ2n) is 8.74. The van der Waals surface area contributed by atoms with Crippen LogP contribution in [0.4, 0.5) is 17.1 Å². The average Bonchev–Trinajstić information content (AvgIpc) is 3.05. The van der Waals surface area contributed by atoms with Crippen LogP contribution in [0.15, 0.2) is 71.6 Å². The summed E-state index contributed by atoms with van der Waals surface area (Å²) in [4.78, 5) is 24.8. The Morgan fingerprint density at radius 3 is 2.68 bits per heavy atom. The Bertz CT molecular complexity index is 1400. The van der Waals surface area contributed by atoms with E-state index in [9.17, 15) is 18.0 Å². The van der Waals surface area contributed by atoms with Crippen molar-refractivity contribution in [1.82, 2.24) is 0 Å². The number of anilines is 3. The molecule has 7 nitrogen and oxygen atoms in total. The van der Waals surface area contributed by atoms with Gasteiger partial charge in [0, 0.05) is 29.4 Å². The quantitative estimate of drug-likeness (QED) is 0.586. The Morgan fingerprint density at radius 1 is 1.00 bits per heavy atom. The molecule has 0 aliphatic carbocycles. The molecule has 2 aliphatic rings. The number of sulfonamides is 1. The van der Waals surface area contributed by atoms with Gasteiger partial charge >= 0.3 is 0 Å². The van der Waals surface area contributed by atoms with Gasteiger partial charge < -0.3 is 10.6 Å². The Balaban J connectivity index is 1.40. The van der Waals surface area contributed by atoms with Gasteiger partial charge in [0.25, 0.3) is 15.9 Å². The standard InChI is InChI=1S/C26H25N3O4S/c1-17-14-19-6-2-3-10-24(19)29(17)34(32,33)22-9-4-8-20(16-22)26(31)27-21-12-13-23-18(15-21)7-5-11-25(30)28-23/h2-4,6,8-10,12-13,15-17H,5,7,11,14H2,1H3,(H,27,31)(H,28,30). The lowest BCUT2D eigenvalue weighted by molar-refractivity contribution is -0.116. The fourth-order valence-electron chi connectivity index (χ4n) is 4.67. The lowest BCUT2D eigenvalue weighted by Crippen LogP contribution is -2.35. The molecule has 0 spiro atoms. The van der Waals surface area contributed by atoms with Crippen LogP contribution < -0.4 is 14.9 Å². The van der Waals surface area contributed by atoms with E-state index < -0.39 is 15.9 Å². The van der Waals surface area contributed by atoms with Crippen molar-refractivity contribution >= 4 is 38.9 Å². The van der Waals surface area contributed by atoms with E-state index in [0.29, 0.717) is 24.2 Å². The normalized spacial score (nSPS) is 17.4. The highest BCUT2D eigenvalue weighted by Gasteiger charge is 2.36. The highest BCUT2D eigenvalue weighted by molar-refractivity contribution is 7.92. The Labute approximate surface area is 198 Å². The maximum absolute atomic E-state index is 13.5. The van der Waals surface area contributed by atoms with E-state index in [-0.39, 0.29) is 22.4 Å². The SMILES string of the molecule is CC1Cc2ccccc2N1S(=O)(=O)c1cccc(C(=O)Nc2ccc3c(c2)CCCC(=O)N3)c1. The van der Waals surface area contributed by atoms with Gasteiger partial charge in [0.2, 0.25) is 5.91 Å². The topological polar surface area (TPSA) is 95.6 Å². The minimum Gasteiger partial charge on any atom is -0.326 e. The van der Waals surface area contributed by atoms with E-state index in [1.165, 1.54) is 16.4 Å². The fraction of sp³-hybridized carbons (Fsp3) is 0.231. The second-order valence-corrected chi connectivity index (χ2v) is 10.6. The van der Waals surface area contributed by atoms with Crippen molar-refractivity contribution in [3.8, 4) is 0 Å². The zero-order chi connectivity index (χ0) is 23.9. The number of amides is 2. The number of fused-ring (bicyclic) bond motifs is 2. The third kappa shape index (κ3) is 4.05. The molecule has 8 heteroatoms. The highest BCUT2D eigenvalue weighted by Crippen LogP contribution is 2.36. The van der Waals surface area contributed by atoms with Gasteiger partial charge in [-0.15, -0.1) is 0 Å². The number of nitrogens with one attached hydrogen (secondary N) is 2. The van der Waals surface area contributed by atoms with Gasteiger partial charge in [-0.2, -0.15) is 0 Å². The van der Waals surface area contributed by atoms with E-state index in [0.717, 1.165) is 29.7 Å². The van der Waals surface area contributed by atoms with Gasteiger partial charge in [0.1, 0.15) is 0 Å². The van der Waals surface area contributed by atoms with Crippen LogP contribution in [0.25, 0.3) is 0 Å². The molecule has 1 unspecified atom stereocenters. The zero-order valence-corrected chi connectivity index (χ0v) is 19.6. The predicted molar refractivity (Wildman–Crippen MR) is 132 cm³/mol. The molecule has 2 heterocycles. The summed E-state index contributed by atoms with van der Waals surface area (Å²) in [6, 6.07) is 18.8. The number of benzene rings is 3. The third-order valence-electron chi connectivity index (χ3n) is 6.28. The summed E-state index contributed by atoms with van der Waals surface area (Å²) in [5.41, 5.74) is 4.24. The number of rotatable bonds is 4. The summed E-state index contributed by atoms with van der Waals surface area (Å²) in [6.45, 7) is 1.88. The van der Waals surface area contributed by atoms with Crippen LogP contribution in [-0.4, -0.2) is 26.3 Å². The smallest absolute Gasteiger partial charge is 0.264 e. The van der Waals surface area contributed by atoms with Crippen molar-refractivity contribution in [3.63, 3.8) is 0 Å². The number of aryl methyl sites for hydroxylation is 1. The summed E-state index contributed by atoms with van der Waals surface area (Å²) in [6.07, 6.45) is 2.60. The first-order valence-corrected chi connectivity index (χ1v) is 12.7. The number of carbonyl (C=O) groups is 2. The molecule has 2 amide bonds. The van der Waals surface area contributed by atoms with Gasteiger partial charge in [0.15, 0.2) is 0 Å². The van der Waals surface area contributed by atoms with Crippen molar-refractivity contribution in [2.24, 2.45) is 0 Å². The van der Waals surface area contributed by atoms with Gasteiger partial charge in [-0.25, -0.2) is 8.42 Å². The molecular formula is C26H25N3O4S. The van der Waals surface area contributed by atoms with Crippen LogP contribution in [0, 0.1) is 0 Å². The minimum atomic E-state index is -3.84. The molecule has 174 valence electrons. The molecule has 3 aromatic rings. The van der Waals surface area contributed by atoms with Crippen LogP contribution >= 0.6 is 0 Å². The molecule has 2 aliphatic heterocycles. The van der Waals surface area contributed by atoms with Crippen LogP contribution in [0.1, 0.15) is 41.3 Å². The molecule has 0 aromatic heterocycles.